The number of carbonyl (C=O) groups excluding carboxylic acids is 1. The van der Waals surface area contributed by atoms with Gasteiger partial charge in [-0.15, -0.1) is 0 Å². The quantitative estimate of drug-likeness (QED) is 0.810. The van der Waals surface area contributed by atoms with Crippen LogP contribution in [0.4, 0.5) is 17.1 Å². The van der Waals surface area contributed by atoms with Gasteiger partial charge in [-0.1, -0.05) is 23.2 Å². The molecule has 0 radical (unpaired) electrons. The molecule has 0 aliphatic carbocycles. The molecule has 1 unspecified atom stereocenters. The molecular weight excluding hydrogens is 301 g/mol. The van der Waals surface area contributed by atoms with Gasteiger partial charge in [0.2, 0.25) is 5.91 Å². The van der Waals surface area contributed by atoms with Gasteiger partial charge in [-0.2, -0.15) is 21.4 Å². The van der Waals surface area contributed by atoms with E-state index in [2.05, 4.69) is 26.7 Å². The Bertz CT molecular complexity index is 568. The molecule has 0 saturated heterocycles. The van der Waals surface area contributed by atoms with E-state index in [0.717, 1.165) is 11.4 Å². The molecule has 90 valence electrons. The van der Waals surface area contributed by atoms with Crippen LogP contribution in [0.25, 0.3) is 0 Å². The monoisotopic (exact) mass is 307 g/mol. The molecule has 0 spiro atoms. The van der Waals surface area contributed by atoms with E-state index in [4.69, 9.17) is 23.2 Å². The van der Waals surface area contributed by atoms with Gasteiger partial charge in [0.15, 0.2) is 0 Å². The highest BCUT2D eigenvalue weighted by Gasteiger charge is 2.21. The largest absolute Gasteiger partial charge is 0.322 e. The Morgan fingerprint density at radius 2 is 2.06 bits per heavy atom. The zero-order valence-corrected chi connectivity index (χ0v) is 11.8. The molecule has 0 aromatic heterocycles. The van der Waals surface area contributed by atoms with E-state index in [0.29, 0.717) is 27.1 Å². The number of hydrogen-bond acceptors (Lipinski definition) is 4. The number of rotatable bonds is 2. The van der Waals surface area contributed by atoms with Crippen molar-refractivity contribution in [1.82, 2.24) is 0 Å². The van der Waals surface area contributed by atoms with Gasteiger partial charge in [0.05, 0.1) is 32.3 Å². The van der Waals surface area contributed by atoms with Crippen LogP contribution < -0.4 is 5.32 Å². The summed E-state index contributed by atoms with van der Waals surface area (Å²) < 4.78 is 8.12. The van der Waals surface area contributed by atoms with Crippen molar-refractivity contribution < 1.29 is 4.79 Å². The summed E-state index contributed by atoms with van der Waals surface area (Å²) in [6.07, 6.45) is 0. The van der Waals surface area contributed by atoms with Crippen molar-refractivity contribution in [3.8, 4) is 0 Å². The van der Waals surface area contributed by atoms with Crippen LogP contribution in [-0.2, 0) is 16.1 Å². The van der Waals surface area contributed by atoms with E-state index in [1.165, 1.54) is 6.07 Å². The highest BCUT2D eigenvalue weighted by atomic mass is 35.5. The lowest BCUT2D eigenvalue weighted by molar-refractivity contribution is -0.115. The molecule has 4 nitrogen and oxygen atoms in total. The molecular formula is C9H7Cl2N3OS2. The summed E-state index contributed by atoms with van der Waals surface area (Å²) in [5.74, 6) is -0.258. The summed E-state index contributed by atoms with van der Waals surface area (Å²) in [4.78, 5) is 11.6. The summed E-state index contributed by atoms with van der Waals surface area (Å²) in [5.41, 5.74) is 1.45. The number of fused-ring (bicyclic) bond motifs is 1. The van der Waals surface area contributed by atoms with Crippen molar-refractivity contribution in [2.45, 2.75) is 12.2 Å². The zero-order chi connectivity index (χ0) is 12.6. The fraction of sp³-hybridized carbons (Fsp3) is 0.222. The molecule has 1 aliphatic rings. The molecule has 17 heavy (non-hydrogen) atoms. The maximum atomic E-state index is 11.6. The highest BCUT2D eigenvalue weighted by molar-refractivity contribution is 7.81. The fourth-order valence-electron chi connectivity index (χ4n) is 1.22. The Morgan fingerprint density at radius 1 is 1.41 bits per heavy atom. The van der Waals surface area contributed by atoms with E-state index in [1.54, 1.807) is 6.92 Å². The van der Waals surface area contributed by atoms with Crippen molar-refractivity contribution in [3.05, 3.63) is 16.1 Å². The lowest BCUT2D eigenvalue weighted by atomic mass is 10.2. The van der Waals surface area contributed by atoms with Crippen LogP contribution >= 0.6 is 35.8 Å². The Hall–Kier alpha value is -0.560. The molecule has 0 saturated carbocycles. The maximum Gasteiger partial charge on any atom is 0.237 e. The van der Waals surface area contributed by atoms with E-state index >= 15 is 0 Å². The first kappa shape index (κ1) is 12.9. The first-order valence-corrected chi connectivity index (χ1v) is 6.60. The highest BCUT2D eigenvalue weighted by Crippen LogP contribution is 2.47. The molecule has 0 fully saturated rings. The molecule has 1 aliphatic heterocycles. The zero-order valence-electron chi connectivity index (χ0n) is 8.57. The van der Waals surface area contributed by atoms with Crippen LogP contribution in [0.2, 0.25) is 10.0 Å². The second kappa shape index (κ2) is 4.97. The molecule has 2 rings (SSSR count). The van der Waals surface area contributed by atoms with Gasteiger partial charge >= 0.3 is 0 Å². The van der Waals surface area contributed by atoms with E-state index in [1.807, 2.05) is 0 Å². The van der Waals surface area contributed by atoms with Crippen molar-refractivity contribution >= 4 is 70.2 Å². The molecule has 0 bridgehead atoms. The number of halogens is 2. The van der Waals surface area contributed by atoms with Crippen molar-refractivity contribution in [2.24, 2.45) is 8.73 Å². The minimum Gasteiger partial charge on any atom is -0.322 e. The number of anilines is 1. The topological polar surface area (TPSA) is 53.8 Å². The number of nitrogens with one attached hydrogen (secondary N) is 1. The third kappa shape index (κ3) is 2.49. The Labute approximate surface area is 117 Å². The molecule has 1 amide bonds. The van der Waals surface area contributed by atoms with Crippen molar-refractivity contribution in [3.63, 3.8) is 0 Å². The predicted octanol–water partition coefficient (Wildman–Crippen LogP) is 3.98. The normalized spacial score (nSPS) is 14.1. The van der Waals surface area contributed by atoms with E-state index in [-0.39, 0.29) is 5.91 Å². The number of benzene rings is 1. The molecule has 1 atom stereocenters. The van der Waals surface area contributed by atoms with Crippen LogP contribution in [0, 0.1) is 0 Å². The van der Waals surface area contributed by atoms with E-state index in [9.17, 15) is 4.79 Å². The third-order valence-corrected chi connectivity index (χ3v) is 3.42. The summed E-state index contributed by atoms with van der Waals surface area (Å²) in [7, 11) is 0. The van der Waals surface area contributed by atoms with Gasteiger partial charge in [-0.25, -0.2) is 0 Å². The van der Waals surface area contributed by atoms with Crippen LogP contribution in [0.3, 0.4) is 0 Å². The summed E-state index contributed by atoms with van der Waals surface area (Å²) in [5, 5.41) is 2.97. The molecule has 1 N–H and O–H groups in total. The summed E-state index contributed by atoms with van der Waals surface area (Å²) in [6.45, 7) is 1.67. The van der Waals surface area contributed by atoms with Crippen LogP contribution in [0.1, 0.15) is 6.92 Å². The van der Waals surface area contributed by atoms with Gasteiger partial charge in [-0.05, 0) is 13.0 Å². The van der Waals surface area contributed by atoms with Crippen LogP contribution in [-0.4, -0.2) is 11.2 Å². The number of nitrogens with zero attached hydrogens (tertiary/aromatic N) is 2. The Balaban J connectivity index is 2.46. The number of amides is 1. The van der Waals surface area contributed by atoms with Gasteiger partial charge in [0.1, 0.15) is 11.4 Å². The Morgan fingerprint density at radius 3 is 2.71 bits per heavy atom. The van der Waals surface area contributed by atoms with Crippen molar-refractivity contribution in [1.29, 1.82) is 0 Å². The third-order valence-electron chi connectivity index (χ3n) is 2.07. The minimum atomic E-state index is -0.441. The van der Waals surface area contributed by atoms with Crippen molar-refractivity contribution in [2.75, 3.05) is 5.32 Å². The van der Waals surface area contributed by atoms with Gasteiger partial charge in [-0.3, -0.25) is 4.79 Å². The average molecular weight is 308 g/mol. The molecule has 1 aromatic rings. The molecule has 1 heterocycles. The predicted molar refractivity (Wildman–Crippen MR) is 75.1 cm³/mol. The number of hydrogen-bond donors (Lipinski definition) is 2. The maximum absolute atomic E-state index is 11.6. The van der Waals surface area contributed by atoms with E-state index < -0.39 is 5.25 Å². The number of thiol groups is 1. The standard InChI is InChI=1S/C9H7Cl2N3OS2/c1-3(16)9(15)12-6-4(10)2-5(11)7-8(6)14-17-13-7/h2-3,16H,1H3,(H,12,15). The second-order valence-electron chi connectivity index (χ2n) is 3.34. The molecule has 1 aromatic carbocycles. The fourth-order valence-corrected chi connectivity index (χ4v) is 2.44. The van der Waals surface area contributed by atoms with Gasteiger partial charge in [0, 0.05) is 0 Å². The average Bonchev–Trinajstić information content (AvgIpc) is 2.72. The van der Waals surface area contributed by atoms with Crippen LogP contribution in [0.15, 0.2) is 14.8 Å². The van der Waals surface area contributed by atoms with Gasteiger partial charge < -0.3 is 5.32 Å². The van der Waals surface area contributed by atoms with Crippen LogP contribution in [0.5, 0.6) is 0 Å². The minimum absolute atomic E-state index is 0.258. The number of carbonyl (C=O) groups is 1. The second-order valence-corrected chi connectivity index (χ2v) is 5.46. The summed E-state index contributed by atoms with van der Waals surface area (Å²) >= 11 is 17.0. The molecule has 8 heteroatoms. The lowest BCUT2D eigenvalue weighted by Crippen LogP contribution is -2.20. The first-order chi connectivity index (χ1) is 8.00. The Kier molecular flexibility index (Phi) is 3.77. The first-order valence-electron chi connectivity index (χ1n) is 4.60. The lowest BCUT2D eigenvalue weighted by Gasteiger charge is -2.12. The smallest absolute Gasteiger partial charge is 0.237 e. The van der Waals surface area contributed by atoms with Gasteiger partial charge in [0.25, 0.3) is 0 Å². The summed E-state index contributed by atoms with van der Waals surface area (Å²) in [6, 6.07) is 1.53. The SMILES string of the molecule is CC(S)C(=O)Nc1c(Cl)cc(Cl)c2c1N=S=N2.